The van der Waals surface area contributed by atoms with E-state index in [4.69, 9.17) is 16.6 Å². The Balaban J connectivity index is 2.48. The highest BCUT2D eigenvalue weighted by Crippen LogP contribution is 2.38. The van der Waals surface area contributed by atoms with E-state index in [1.165, 1.54) is 5.56 Å². The molecule has 1 aliphatic carbocycles. The lowest BCUT2D eigenvalue weighted by Gasteiger charge is -2.24. The molecule has 0 atom stereocenters. The Kier molecular flexibility index (Phi) is 2.84. The van der Waals surface area contributed by atoms with Crippen LogP contribution in [0, 0.1) is 6.92 Å². The summed E-state index contributed by atoms with van der Waals surface area (Å²) in [5.41, 5.74) is 4.49. The maximum Gasteiger partial charge on any atom is 0.0850 e. The molecule has 3 heteroatoms. The van der Waals surface area contributed by atoms with Gasteiger partial charge in [0.25, 0.3) is 0 Å². The minimum atomic E-state index is -0.851. The molecule has 2 aromatic rings. The summed E-state index contributed by atoms with van der Waals surface area (Å²) < 4.78 is 0. The molecule has 0 amide bonds. The maximum atomic E-state index is 10.6. The smallest absolute Gasteiger partial charge is 0.0850 e. The number of aryl methyl sites for hydroxylation is 2. The summed E-state index contributed by atoms with van der Waals surface area (Å²) in [6, 6.07) is 3.89. The van der Waals surface area contributed by atoms with Crippen molar-refractivity contribution < 1.29 is 5.11 Å². The van der Waals surface area contributed by atoms with E-state index in [0.29, 0.717) is 0 Å². The van der Waals surface area contributed by atoms with Crippen LogP contribution in [0.2, 0.25) is 5.02 Å². The molecule has 0 unspecified atom stereocenters. The van der Waals surface area contributed by atoms with Crippen molar-refractivity contribution in [3.8, 4) is 0 Å². The van der Waals surface area contributed by atoms with Gasteiger partial charge in [0, 0.05) is 16.1 Å². The van der Waals surface area contributed by atoms with E-state index in [2.05, 4.69) is 0 Å². The van der Waals surface area contributed by atoms with Crippen LogP contribution in [-0.4, -0.2) is 10.1 Å². The van der Waals surface area contributed by atoms with Crippen molar-refractivity contribution in [2.45, 2.75) is 45.6 Å². The van der Waals surface area contributed by atoms with Crippen LogP contribution in [0.25, 0.3) is 10.9 Å². The van der Waals surface area contributed by atoms with Crippen molar-refractivity contribution in [3.05, 3.63) is 39.5 Å². The molecule has 0 aliphatic heterocycles. The molecule has 0 fully saturated rings. The van der Waals surface area contributed by atoms with Crippen LogP contribution >= 0.6 is 11.6 Å². The van der Waals surface area contributed by atoms with Gasteiger partial charge in [-0.2, -0.15) is 0 Å². The predicted octanol–water partition coefficient (Wildman–Crippen LogP) is 3.91. The Bertz CT molecular complexity index is 671. The van der Waals surface area contributed by atoms with E-state index in [-0.39, 0.29) is 0 Å². The number of aromatic nitrogens is 1. The first kappa shape index (κ1) is 12.9. The first-order valence-corrected chi connectivity index (χ1v) is 7.11. The summed E-state index contributed by atoms with van der Waals surface area (Å²) in [6.45, 7) is 5.70. The molecule has 0 bridgehead atoms. The highest BCUT2D eigenvalue weighted by Gasteiger charge is 2.28. The van der Waals surface area contributed by atoms with Crippen molar-refractivity contribution in [3.63, 3.8) is 0 Å². The Hall–Kier alpha value is -1.12. The van der Waals surface area contributed by atoms with Gasteiger partial charge in [-0.1, -0.05) is 17.7 Å². The third kappa shape index (κ3) is 1.94. The number of benzene rings is 1. The molecule has 0 saturated carbocycles. The van der Waals surface area contributed by atoms with Crippen molar-refractivity contribution in [2.75, 3.05) is 0 Å². The van der Waals surface area contributed by atoms with E-state index in [0.717, 1.165) is 52.0 Å². The summed E-state index contributed by atoms with van der Waals surface area (Å²) in [4.78, 5) is 4.79. The van der Waals surface area contributed by atoms with Crippen LogP contribution < -0.4 is 0 Å². The normalized spacial score (nSPS) is 15.0. The summed E-state index contributed by atoms with van der Waals surface area (Å²) >= 11 is 6.20. The van der Waals surface area contributed by atoms with E-state index < -0.39 is 5.60 Å². The van der Waals surface area contributed by atoms with E-state index in [9.17, 15) is 5.11 Å². The van der Waals surface area contributed by atoms with Crippen molar-refractivity contribution in [1.29, 1.82) is 0 Å². The van der Waals surface area contributed by atoms with Gasteiger partial charge in [-0.15, -0.1) is 0 Å². The van der Waals surface area contributed by atoms with Crippen molar-refractivity contribution in [2.24, 2.45) is 0 Å². The second-order valence-corrected chi connectivity index (χ2v) is 6.30. The molecule has 0 saturated heterocycles. The summed E-state index contributed by atoms with van der Waals surface area (Å²) in [6.07, 6.45) is 3.13. The summed E-state index contributed by atoms with van der Waals surface area (Å²) in [5.74, 6) is 0. The second kappa shape index (κ2) is 4.19. The zero-order valence-electron chi connectivity index (χ0n) is 11.5. The predicted molar refractivity (Wildman–Crippen MR) is 78.8 cm³/mol. The molecule has 1 N–H and O–H groups in total. The molecule has 100 valence electrons. The molecular weight excluding hydrogens is 258 g/mol. The third-order valence-electron chi connectivity index (χ3n) is 3.98. The SMILES string of the molecule is Cc1c(Cl)ccc2c(C(C)(C)O)c3c(nc12)CCC3. The van der Waals surface area contributed by atoms with Crippen LogP contribution in [-0.2, 0) is 18.4 Å². The number of halogens is 1. The fourth-order valence-corrected chi connectivity index (χ4v) is 3.29. The van der Waals surface area contributed by atoms with Crippen molar-refractivity contribution in [1.82, 2.24) is 4.98 Å². The number of nitrogens with zero attached hydrogens (tertiary/aromatic N) is 1. The minimum Gasteiger partial charge on any atom is -0.386 e. The lowest BCUT2D eigenvalue weighted by molar-refractivity contribution is 0.0792. The highest BCUT2D eigenvalue weighted by molar-refractivity contribution is 6.32. The first-order chi connectivity index (χ1) is 8.89. The second-order valence-electron chi connectivity index (χ2n) is 5.89. The van der Waals surface area contributed by atoms with Crippen LogP contribution in [0.3, 0.4) is 0 Å². The van der Waals surface area contributed by atoms with E-state index in [1.54, 1.807) is 0 Å². The van der Waals surface area contributed by atoms with Gasteiger partial charge in [0.2, 0.25) is 0 Å². The van der Waals surface area contributed by atoms with Gasteiger partial charge < -0.3 is 5.11 Å². The van der Waals surface area contributed by atoms with Gasteiger partial charge in [0.1, 0.15) is 0 Å². The molecule has 19 heavy (non-hydrogen) atoms. The van der Waals surface area contributed by atoms with Gasteiger partial charge in [0.05, 0.1) is 11.1 Å². The Morgan fingerprint density at radius 1 is 1.26 bits per heavy atom. The number of hydrogen-bond acceptors (Lipinski definition) is 2. The van der Waals surface area contributed by atoms with Gasteiger partial charge in [0.15, 0.2) is 0 Å². The molecule has 0 spiro atoms. The topological polar surface area (TPSA) is 33.1 Å². The van der Waals surface area contributed by atoms with Crippen LogP contribution in [0.15, 0.2) is 12.1 Å². The van der Waals surface area contributed by atoms with Crippen molar-refractivity contribution >= 4 is 22.5 Å². The first-order valence-electron chi connectivity index (χ1n) is 6.73. The monoisotopic (exact) mass is 275 g/mol. The van der Waals surface area contributed by atoms with Gasteiger partial charge in [-0.05, 0) is 62.8 Å². The summed E-state index contributed by atoms with van der Waals surface area (Å²) in [5, 5.41) is 12.3. The number of rotatable bonds is 1. The lowest BCUT2D eigenvalue weighted by atomic mass is 9.88. The molecule has 1 aromatic heterocycles. The largest absolute Gasteiger partial charge is 0.386 e. The molecular formula is C16H18ClNO. The lowest BCUT2D eigenvalue weighted by Crippen LogP contribution is -2.19. The number of pyridine rings is 1. The standard InChI is InChI=1S/C16H18ClNO/c1-9-12(17)8-7-11-14(16(2,3)19)10-5-4-6-13(10)18-15(9)11/h7-8,19H,4-6H2,1-3H3. The van der Waals surface area contributed by atoms with Gasteiger partial charge >= 0.3 is 0 Å². The van der Waals surface area contributed by atoms with Gasteiger partial charge in [-0.3, -0.25) is 4.98 Å². The van der Waals surface area contributed by atoms with E-state index >= 15 is 0 Å². The average molecular weight is 276 g/mol. The summed E-state index contributed by atoms with van der Waals surface area (Å²) in [7, 11) is 0. The third-order valence-corrected chi connectivity index (χ3v) is 4.39. The fourth-order valence-electron chi connectivity index (χ4n) is 3.14. The number of aliphatic hydroxyl groups is 1. The number of hydrogen-bond donors (Lipinski definition) is 1. The van der Waals surface area contributed by atoms with Gasteiger partial charge in [-0.25, -0.2) is 0 Å². The minimum absolute atomic E-state index is 0.736. The molecule has 1 heterocycles. The number of fused-ring (bicyclic) bond motifs is 2. The maximum absolute atomic E-state index is 10.6. The molecule has 3 rings (SSSR count). The molecule has 0 radical (unpaired) electrons. The highest BCUT2D eigenvalue weighted by atomic mass is 35.5. The van der Waals surface area contributed by atoms with Crippen LogP contribution in [0.5, 0.6) is 0 Å². The molecule has 2 nitrogen and oxygen atoms in total. The molecule has 1 aliphatic rings. The molecule has 1 aromatic carbocycles. The van der Waals surface area contributed by atoms with Crippen LogP contribution in [0.4, 0.5) is 0 Å². The van der Waals surface area contributed by atoms with E-state index in [1.807, 2.05) is 32.9 Å². The Morgan fingerprint density at radius 2 is 2.00 bits per heavy atom. The average Bonchev–Trinajstić information content (AvgIpc) is 2.77. The Labute approximate surface area is 118 Å². The Morgan fingerprint density at radius 3 is 2.68 bits per heavy atom. The zero-order chi connectivity index (χ0) is 13.8. The zero-order valence-corrected chi connectivity index (χ0v) is 12.3. The quantitative estimate of drug-likeness (QED) is 0.856. The fraction of sp³-hybridized carbons (Fsp3) is 0.438. The van der Waals surface area contributed by atoms with Crippen LogP contribution in [0.1, 0.15) is 42.7 Å².